The average molecular weight is 458 g/mol. The third-order valence-corrected chi connectivity index (χ3v) is 5.18. The lowest BCUT2D eigenvalue weighted by molar-refractivity contribution is -0.121. The van der Waals surface area contributed by atoms with Crippen LogP contribution in [0.5, 0.6) is 0 Å². The van der Waals surface area contributed by atoms with Gasteiger partial charge in [-0.25, -0.2) is 5.43 Å². The second-order valence-electron chi connectivity index (χ2n) is 7.16. The van der Waals surface area contributed by atoms with Crippen LogP contribution in [0.2, 0.25) is 0 Å². The van der Waals surface area contributed by atoms with Gasteiger partial charge in [0.2, 0.25) is 5.91 Å². The number of nitrogens with zero attached hydrogens (tertiary/aromatic N) is 1. The summed E-state index contributed by atoms with van der Waals surface area (Å²) < 4.78 is 0.783. The first-order chi connectivity index (χ1) is 14.0. The normalized spacial score (nSPS) is 11.0. The topological polar surface area (TPSA) is 70.6 Å². The number of amides is 2. The van der Waals surface area contributed by atoms with Crippen molar-refractivity contribution >= 4 is 34.0 Å². The van der Waals surface area contributed by atoms with Crippen LogP contribution in [0, 0.1) is 0 Å². The molecule has 2 N–H and O–H groups in total. The van der Waals surface area contributed by atoms with Crippen molar-refractivity contribution < 1.29 is 9.59 Å². The Labute approximate surface area is 181 Å². The highest BCUT2D eigenvalue weighted by molar-refractivity contribution is 9.10. The highest BCUT2D eigenvalue weighted by atomic mass is 79.9. The van der Waals surface area contributed by atoms with Gasteiger partial charge in [0, 0.05) is 17.4 Å². The fourth-order valence-electron chi connectivity index (χ4n) is 2.73. The first-order valence-corrected chi connectivity index (χ1v) is 10.7. The van der Waals surface area contributed by atoms with E-state index in [4.69, 9.17) is 0 Å². The number of halogens is 1. The van der Waals surface area contributed by atoms with Crippen LogP contribution in [0.25, 0.3) is 0 Å². The molecule has 154 valence electrons. The van der Waals surface area contributed by atoms with Gasteiger partial charge in [-0.15, -0.1) is 0 Å². The summed E-state index contributed by atoms with van der Waals surface area (Å²) in [5.41, 5.74) is 5.42. The molecule has 5 nitrogen and oxygen atoms in total. The van der Waals surface area contributed by atoms with Crippen molar-refractivity contribution in [2.24, 2.45) is 5.10 Å². The molecule has 0 heterocycles. The fourth-order valence-corrected chi connectivity index (χ4v) is 3.20. The highest BCUT2D eigenvalue weighted by Gasteiger charge is 2.08. The molecule has 0 saturated heterocycles. The molecule has 0 spiro atoms. The molecule has 0 aromatic heterocycles. The van der Waals surface area contributed by atoms with E-state index in [0.29, 0.717) is 24.4 Å². The van der Waals surface area contributed by atoms with Gasteiger partial charge in [0.25, 0.3) is 5.91 Å². The summed E-state index contributed by atoms with van der Waals surface area (Å²) >= 11 is 3.37. The van der Waals surface area contributed by atoms with E-state index in [1.807, 2.05) is 30.3 Å². The summed E-state index contributed by atoms with van der Waals surface area (Å²) in [5, 5.41) is 6.91. The van der Waals surface area contributed by atoms with E-state index in [0.717, 1.165) is 29.3 Å². The summed E-state index contributed by atoms with van der Waals surface area (Å²) in [4.78, 5) is 23.9. The fraction of sp³-hybridized carbons (Fsp3) is 0.348. The molecule has 0 fully saturated rings. The number of hydrogen-bond acceptors (Lipinski definition) is 3. The zero-order valence-electron chi connectivity index (χ0n) is 17.0. The van der Waals surface area contributed by atoms with Crippen LogP contribution in [0.1, 0.15) is 66.9 Å². The van der Waals surface area contributed by atoms with E-state index >= 15 is 0 Å². The zero-order chi connectivity index (χ0) is 21.1. The highest BCUT2D eigenvalue weighted by Crippen LogP contribution is 2.15. The number of benzene rings is 2. The van der Waals surface area contributed by atoms with E-state index in [9.17, 15) is 9.59 Å². The zero-order valence-corrected chi connectivity index (χ0v) is 18.5. The largest absolute Gasteiger partial charge is 0.352 e. The molecule has 0 aliphatic rings. The Kier molecular flexibility index (Phi) is 9.57. The van der Waals surface area contributed by atoms with E-state index in [2.05, 4.69) is 57.8 Å². The Morgan fingerprint density at radius 1 is 1.03 bits per heavy atom. The van der Waals surface area contributed by atoms with Gasteiger partial charge in [-0.3, -0.25) is 9.59 Å². The molecule has 2 amide bonds. The summed E-state index contributed by atoms with van der Waals surface area (Å²) in [6, 6.07) is 15.5. The van der Waals surface area contributed by atoms with Gasteiger partial charge in [0.05, 0.1) is 11.8 Å². The Morgan fingerprint density at radius 3 is 2.45 bits per heavy atom. The van der Waals surface area contributed by atoms with Crippen molar-refractivity contribution in [1.29, 1.82) is 0 Å². The van der Waals surface area contributed by atoms with Crippen LogP contribution in [0.15, 0.2) is 58.1 Å². The number of carbonyl (C=O) groups is 2. The van der Waals surface area contributed by atoms with Crippen molar-refractivity contribution in [3.8, 4) is 0 Å². The molecule has 0 radical (unpaired) electrons. The van der Waals surface area contributed by atoms with Gasteiger partial charge < -0.3 is 5.32 Å². The second-order valence-corrected chi connectivity index (χ2v) is 8.02. The van der Waals surface area contributed by atoms with Gasteiger partial charge in [-0.1, -0.05) is 56.7 Å². The number of hydrogen-bond donors (Lipinski definition) is 2. The molecule has 0 aliphatic carbocycles. The summed E-state index contributed by atoms with van der Waals surface area (Å²) in [5.74, 6) is 0.303. The Bertz CT molecular complexity index is 832. The minimum atomic E-state index is -0.0997. The average Bonchev–Trinajstić information content (AvgIpc) is 2.71. The van der Waals surface area contributed by atoms with Crippen LogP contribution < -0.4 is 10.7 Å². The van der Waals surface area contributed by atoms with E-state index < -0.39 is 0 Å². The molecule has 2 rings (SSSR count). The summed E-state index contributed by atoms with van der Waals surface area (Å²) in [6.07, 6.45) is 4.52. The molecule has 0 saturated carbocycles. The van der Waals surface area contributed by atoms with Crippen molar-refractivity contribution in [3.63, 3.8) is 0 Å². The van der Waals surface area contributed by atoms with Crippen molar-refractivity contribution in [2.75, 3.05) is 6.54 Å². The van der Waals surface area contributed by atoms with Crippen molar-refractivity contribution in [3.05, 3.63) is 69.7 Å². The molecule has 0 unspecified atom stereocenters. The maximum atomic E-state index is 12.1. The lowest BCUT2D eigenvalue weighted by atomic mass is 10.0. The predicted molar refractivity (Wildman–Crippen MR) is 121 cm³/mol. The third-order valence-electron chi connectivity index (χ3n) is 4.49. The van der Waals surface area contributed by atoms with E-state index in [1.54, 1.807) is 12.3 Å². The summed E-state index contributed by atoms with van der Waals surface area (Å²) in [6.45, 7) is 4.89. The van der Waals surface area contributed by atoms with E-state index in [-0.39, 0.29) is 11.8 Å². The first kappa shape index (κ1) is 22.8. The molecular formula is C23H28BrN3O2. The quantitative estimate of drug-likeness (QED) is 0.299. The predicted octanol–water partition coefficient (Wildman–Crippen LogP) is 5.01. The monoisotopic (exact) mass is 457 g/mol. The lowest BCUT2D eigenvalue weighted by Crippen LogP contribution is -2.24. The second kappa shape index (κ2) is 12.2. The van der Waals surface area contributed by atoms with Crippen LogP contribution in [0.3, 0.4) is 0 Å². The van der Waals surface area contributed by atoms with Crippen LogP contribution >= 0.6 is 15.9 Å². The molecule has 0 aliphatic heterocycles. The van der Waals surface area contributed by atoms with Crippen LogP contribution in [-0.2, 0) is 4.79 Å². The molecule has 2 aromatic carbocycles. The number of nitrogens with one attached hydrogen (secondary N) is 2. The van der Waals surface area contributed by atoms with E-state index in [1.165, 1.54) is 5.56 Å². The maximum Gasteiger partial charge on any atom is 0.252 e. The molecule has 0 bridgehead atoms. The number of rotatable bonds is 10. The number of carbonyl (C=O) groups excluding carboxylic acids is 2. The minimum Gasteiger partial charge on any atom is -0.352 e. The third kappa shape index (κ3) is 8.20. The van der Waals surface area contributed by atoms with Crippen LogP contribution in [0.4, 0.5) is 0 Å². The van der Waals surface area contributed by atoms with Gasteiger partial charge in [0.1, 0.15) is 0 Å². The summed E-state index contributed by atoms with van der Waals surface area (Å²) in [7, 11) is 0. The number of hydrazone groups is 1. The number of unbranched alkanes of at least 4 members (excludes halogenated alkanes) is 2. The molecule has 29 heavy (non-hydrogen) atoms. The Hall–Kier alpha value is -2.47. The molecule has 6 heteroatoms. The standard InChI is InChI=1S/C23H28BrN3O2/c1-17(2)19-13-11-18(12-14-19)16-26-27-22(28)10-4-3-7-15-25-23(29)20-8-5-6-9-21(20)24/h5-6,8-9,11-14,16-17H,3-4,7,10,15H2,1-2H3,(H,25,29)(H,27,28). The Morgan fingerprint density at radius 2 is 1.76 bits per heavy atom. The Balaban J connectivity index is 1.57. The van der Waals surface area contributed by atoms with Gasteiger partial charge >= 0.3 is 0 Å². The van der Waals surface area contributed by atoms with Gasteiger partial charge in [-0.05, 0) is 57.9 Å². The first-order valence-electron chi connectivity index (χ1n) is 9.92. The molecular weight excluding hydrogens is 430 g/mol. The minimum absolute atomic E-state index is 0.0917. The SMILES string of the molecule is CC(C)c1ccc(C=NNC(=O)CCCCCNC(=O)c2ccccc2Br)cc1. The van der Waals surface area contributed by atoms with Gasteiger partial charge in [0.15, 0.2) is 0 Å². The van der Waals surface area contributed by atoms with Gasteiger partial charge in [-0.2, -0.15) is 5.10 Å². The molecule has 0 atom stereocenters. The lowest BCUT2D eigenvalue weighted by Gasteiger charge is -2.06. The molecule has 2 aromatic rings. The van der Waals surface area contributed by atoms with Crippen molar-refractivity contribution in [2.45, 2.75) is 45.4 Å². The maximum absolute atomic E-state index is 12.1. The smallest absolute Gasteiger partial charge is 0.252 e. The van der Waals surface area contributed by atoms with Crippen molar-refractivity contribution in [1.82, 2.24) is 10.7 Å². The van der Waals surface area contributed by atoms with Crippen LogP contribution in [-0.4, -0.2) is 24.6 Å².